The first kappa shape index (κ1) is 22.0. The van der Waals surface area contributed by atoms with Gasteiger partial charge < -0.3 is 10.2 Å². The maximum absolute atomic E-state index is 12.9. The number of rotatable bonds is 4. The van der Waals surface area contributed by atoms with E-state index < -0.39 is 26.4 Å². The minimum Gasteiger partial charge on any atom is -0.508 e. The molecule has 1 unspecified atom stereocenters. The van der Waals surface area contributed by atoms with Gasteiger partial charge in [-0.2, -0.15) is 8.42 Å². The van der Waals surface area contributed by atoms with Crippen LogP contribution in [0.2, 0.25) is 20.1 Å². The van der Waals surface area contributed by atoms with Crippen LogP contribution >= 0.6 is 46.4 Å². The number of phenols is 2. The summed E-state index contributed by atoms with van der Waals surface area (Å²) < 4.78 is 33.9. The Morgan fingerprint density at radius 3 is 1.86 bits per heavy atom. The monoisotopic (exact) mass is 492 g/mol. The van der Waals surface area contributed by atoms with Gasteiger partial charge in [-0.3, -0.25) is 4.55 Å². The highest BCUT2D eigenvalue weighted by Gasteiger charge is 2.51. The average molecular weight is 494 g/mol. The molecule has 0 amide bonds. The van der Waals surface area contributed by atoms with E-state index in [0.29, 0.717) is 5.02 Å². The van der Waals surface area contributed by atoms with Gasteiger partial charge in [0.05, 0.1) is 5.02 Å². The molecule has 0 heterocycles. The summed E-state index contributed by atoms with van der Waals surface area (Å²) in [6.07, 6.45) is 0. The summed E-state index contributed by atoms with van der Waals surface area (Å²) in [5.74, 6) is -0.956. The van der Waals surface area contributed by atoms with Gasteiger partial charge >= 0.3 is 0 Å². The maximum atomic E-state index is 12.9. The standard InChI is InChI=1S/C19H12Cl4O5S/c20-11-3-1-10(2-4-11)19(29(26,27)28,14-7-12(21)5-6-17(14)24)13-8-18(25)16(23)9-15(13)22/h1-9,24-25H,(H,26,27,28). The predicted octanol–water partition coefficient (Wildman–Crippen LogP) is 5.89. The molecule has 3 N–H and O–H groups in total. The summed E-state index contributed by atoms with van der Waals surface area (Å²) in [6.45, 7) is 0. The van der Waals surface area contributed by atoms with Crippen LogP contribution in [-0.4, -0.2) is 23.2 Å². The maximum Gasteiger partial charge on any atom is 0.283 e. The Labute approximate surface area is 186 Å². The van der Waals surface area contributed by atoms with E-state index >= 15 is 0 Å². The number of benzene rings is 3. The lowest BCUT2D eigenvalue weighted by molar-refractivity contribution is 0.439. The topological polar surface area (TPSA) is 94.8 Å². The Morgan fingerprint density at radius 2 is 1.28 bits per heavy atom. The number of aromatic hydroxyl groups is 2. The highest BCUT2D eigenvalue weighted by atomic mass is 35.5. The molecule has 0 spiro atoms. The zero-order chi connectivity index (χ0) is 21.6. The number of hydrogen-bond donors (Lipinski definition) is 3. The molecule has 29 heavy (non-hydrogen) atoms. The van der Waals surface area contributed by atoms with Crippen molar-refractivity contribution in [1.29, 1.82) is 0 Å². The Morgan fingerprint density at radius 1 is 0.690 bits per heavy atom. The van der Waals surface area contributed by atoms with E-state index in [9.17, 15) is 23.2 Å². The van der Waals surface area contributed by atoms with Crippen molar-refractivity contribution >= 4 is 56.5 Å². The second-order valence-corrected chi connectivity index (χ2v) is 9.36. The largest absolute Gasteiger partial charge is 0.508 e. The smallest absolute Gasteiger partial charge is 0.283 e. The molecule has 0 fully saturated rings. The van der Waals surface area contributed by atoms with Crippen LogP contribution in [0.4, 0.5) is 0 Å². The molecule has 3 aromatic carbocycles. The summed E-state index contributed by atoms with van der Waals surface area (Å²) in [5, 5.41) is 20.8. The molecule has 0 aliphatic rings. The lowest BCUT2D eigenvalue weighted by Gasteiger charge is -2.34. The highest BCUT2D eigenvalue weighted by molar-refractivity contribution is 7.87. The van der Waals surface area contributed by atoms with Gasteiger partial charge in [0.1, 0.15) is 11.5 Å². The molecule has 0 aliphatic carbocycles. The van der Waals surface area contributed by atoms with Crippen LogP contribution in [0.1, 0.15) is 16.7 Å². The molecule has 1 atom stereocenters. The Bertz CT molecular complexity index is 1200. The average Bonchev–Trinajstić information content (AvgIpc) is 2.63. The van der Waals surface area contributed by atoms with Gasteiger partial charge in [0, 0.05) is 26.2 Å². The van der Waals surface area contributed by atoms with Crippen molar-refractivity contribution in [2.24, 2.45) is 0 Å². The number of phenolic OH excluding ortho intramolecular Hbond substituents is 2. The van der Waals surface area contributed by atoms with Crippen molar-refractivity contribution in [3.8, 4) is 11.5 Å². The minimum atomic E-state index is -5.09. The second kappa shape index (κ2) is 7.87. The molecular formula is C19H12Cl4O5S. The van der Waals surface area contributed by atoms with Crippen molar-refractivity contribution in [3.05, 3.63) is 91.4 Å². The third kappa shape index (κ3) is 3.77. The van der Waals surface area contributed by atoms with Crippen LogP contribution in [-0.2, 0) is 14.9 Å². The minimum absolute atomic E-state index is 0.00871. The molecule has 0 bridgehead atoms. The highest BCUT2D eigenvalue weighted by Crippen LogP contribution is 2.51. The van der Waals surface area contributed by atoms with E-state index in [0.717, 1.165) is 12.1 Å². The van der Waals surface area contributed by atoms with Crippen LogP contribution in [0.15, 0.2) is 54.6 Å². The molecule has 0 saturated heterocycles. The molecule has 3 aromatic rings. The third-order valence-electron chi connectivity index (χ3n) is 4.39. The fraction of sp³-hybridized carbons (Fsp3) is 0.0526. The summed E-state index contributed by atoms with van der Waals surface area (Å²) in [6, 6.07) is 11.3. The molecule has 3 rings (SSSR count). The Kier molecular flexibility index (Phi) is 5.98. The first-order valence-corrected chi connectivity index (χ1v) is 10.8. The molecule has 5 nitrogen and oxygen atoms in total. The van der Waals surface area contributed by atoms with E-state index in [4.69, 9.17) is 46.4 Å². The zero-order valence-corrected chi connectivity index (χ0v) is 18.1. The summed E-state index contributed by atoms with van der Waals surface area (Å²) in [7, 11) is -5.09. The van der Waals surface area contributed by atoms with Crippen LogP contribution < -0.4 is 0 Å². The lowest BCUT2D eigenvalue weighted by Crippen LogP contribution is -2.38. The number of halogens is 4. The van der Waals surface area contributed by atoms with Gasteiger partial charge in [-0.15, -0.1) is 0 Å². The van der Waals surface area contributed by atoms with E-state index in [1.54, 1.807) is 0 Å². The van der Waals surface area contributed by atoms with Crippen LogP contribution in [0.25, 0.3) is 0 Å². The van der Waals surface area contributed by atoms with Crippen molar-refractivity contribution < 1.29 is 23.2 Å². The molecule has 0 saturated carbocycles. The molecular weight excluding hydrogens is 482 g/mol. The summed E-state index contributed by atoms with van der Waals surface area (Å²) in [5.41, 5.74) is -0.535. The third-order valence-corrected chi connectivity index (χ3v) is 6.94. The predicted molar refractivity (Wildman–Crippen MR) is 114 cm³/mol. The molecule has 152 valence electrons. The van der Waals surface area contributed by atoms with Crippen molar-refractivity contribution in [3.63, 3.8) is 0 Å². The van der Waals surface area contributed by atoms with Crippen molar-refractivity contribution in [1.82, 2.24) is 0 Å². The Hall–Kier alpha value is -1.67. The Balaban J connectivity index is 2.61. The molecule has 10 heteroatoms. The SMILES string of the molecule is O=S(=O)(O)C(c1ccc(Cl)cc1)(c1cc(Cl)ccc1O)c1cc(O)c(Cl)cc1Cl. The van der Waals surface area contributed by atoms with Gasteiger partial charge in [0.15, 0.2) is 4.75 Å². The van der Waals surface area contributed by atoms with Gasteiger partial charge in [0.2, 0.25) is 0 Å². The van der Waals surface area contributed by atoms with Crippen LogP contribution in [0, 0.1) is 0 Å². The van der Waals surface area contributed by atoms with Crippen molar-refractivity contribution in [2.45, 2.75) is 4.75 Å². The lowest BCUT2D eigenvalue weighted by atomic mass is 9.83. The van der Waals surface area contributed by atoms with E-state index in [1.165, 1.54) is 42.5 Å². The second-order valence-electron chi connectivity index (χ2n) is 6.11. The quantitative estimate of drug-likeness (QED) is 0.311. The first-order chi connectivity index (χ1) is 13.5. The molecule has 0 aliphatic heterocycles. The van der Waals surface area contributed by atoms with Crippen molar-refractivity contribution in [2.75, 3.05) is 0 Å². The van der Waals surface area contributed by atoms with Crippen LogP contribution in [0.5, 0.6) is 11.5 Å². The molecule has 0 radical (unpaired) electrons. The van der Waals surface area contributed by atoms with Gasteiger partial charge in [-0.1, -0.05) is 58.5 Å². The van der Waals surface area contributed by atoms with E-state index in [1.807, 2.05) is 0 Å². The van der Waals surface area contributed by atoms with Crippen LogP contribution in [0.3, 0.4) is 0 Å². The fourth-order valence-electron chi connectivity index (χ4n) is 3.17. The van der Waals surface area contributed by atoms with E-state index in [2.05, 4.69) is 0 Å². The number of hydrogen-bond acceptors (Lipinski definition) is 4. The first-order valence-electron chi connectivity index (χ1n) is 7.89. The normalized spacial score (nSPS) is 13.8. The molecule has 0 aromatic heterocycles. The fourth-order valence-corrected chi connectivity index (χ4v) is 5.37. The zero-order valence-electron chi connectivity index (χ0n) is 14.3. The van der Waals surface area contributed by atoms with Gasteiger partial charge in [-0.05, 0) is 48.0 Å². The summed E-state index contributed by atoms with van der Waals surface area (Å²) in [4.78, 5) is 0. The van der Waals surface area contributed by atoms with Gasteiger partial charge in [0.25, 0.3) is 10.1 Å². The van der Waals surface area contributed by atoms with Gasteiger partial charge in [-0.25, -0.2) is 0 Å². The van der Waals surface area contributed by atoms with E-state index in [-0.39, 0.29) is 31.8 Å². The summed E-state index contributed by atoms with van der Waals surface area (Å²) >= 11 is 24.2.